The van der Waals surface area contributed by atoms with Crippen molar-refractivity contribution in [1.82, 2.24) is 0 Å². The van der Waals surface area contributed by atoms with Gasteiger partial charge in [-0.05, 0) is 12.5 Å². The minimum Gasteiger partial charge on any atom is -0.427 e. The van der Waals surface area contributed by atoms with Gasteiger partial charge in [-0.2, -0.15) is 0 Å². The smallest absolute Gasteiger partial charge is 0.161 e. The van der Waals surface area contributed by atoms with Crippen molar-refractivity contribution in [2.24, 2.45) is 0 Å². The van der Waals surface area contributed by atoms with Crippen LogP contribution in [0.2, 0.25) is 6.04 Å². The van der Waals surface area contributed by atoms with E-state index in [4.69, 9.17) is 9.16 Å². The topological polar surface area (TPSA) is 21.8 Å². The van der Waals surface area contributed by atoms with E-state index in [9.17, 15) is 0 Å². The lowest BCUT2D eigenvalue weighted by molar-refractivity contribution is 0.392. The standard InChI is InChI=1S/C6H14O2Si/c1-7-9-4-2-3-6-5-8-6/h6H,2-5,9H2,1H3. The van der Waals surface area contributed by atoms with Gasteiger partial charge >= 0.3 is 0 Å². The Morgan fingerprint density at radius 3 is 3.11 bits per heavy atom. The third kappa shape index (κ3) is 3.67. The first-order valence-corrected chi connectivity index (χ1v) is 5.12. The first kappa shape index (κ1) is 7.25. The molecule has 1 fully saturated rings. The van der Waals surface area contributed by atoms with Crippen LogP contribution in [-0.4, -0.2) is 29.6 Å². The molecule has 1 heterocycles. The Labute approximate surface area is 58.5 Å². The van der Waals surface area contributed by atoms with Crippen molar-refractivity contribution in [3.8, 4) is 0 Å². The summed E-state index contributed by atoms with van der Waals surface area (Å²) in [6.45, 7) is 1.01. The molecular weight excluding hydrogens is 132 g/mol. The second-order valence-electron chi connectivity index (χ2n) is 2.44. The van der Waals surface area contributed by atoms with E-state index in [1.165, 1.54) is 18.9 Å². The number of rotatable bonds is 5. The highest BCUT2D eigenvalue weighted by Crippen LogP contribution is 2.16. The van der Waals surface area contributed by atoms with Gasteiger partial charge in [-0.25, -0.2) is 0 Å². The summed E-state index contributed by atoms with van der Waals surface area (Å²) < 4.78 is 10.1. The van der Waals surface area contributed by atoms with E-state index in [0.29, 0.717) is 6.10 Å². The van der Waals surface area contributed by atoms with Crippen molar-refractivity contribution in [2.45, 2.75) is 25.0 Å². The Bertz CT molecular complexity index is 73.5. The van der Waals surface area contributed by atoms with Gasteiger partial charge in [0.15, 0.2) is 9.76 Å². The molecule has 1 unspecified atom stereocenters. The summed E-state index contributed by atoms with van der Waals surface area (Å²) in [7, 11) is 1.66. The van der Waals surface area contributed by atoms with Crippen LogP contribution >= 0.6 is 0 Å². The molecule has 0 aromatic carbocycles. The van der Waals surface area contributed by atoms with E-state index in [1.807, 2.05) is 0 Å². The van der Waals surface area contributed by atoms with Gasteiger partial charge in [0, 0.05) is 7.11 Å². The second-order valence-corrected chi connectivity index (χ2v) is 4.14. The molecule has 0 aromatic rings. The molecule has 0 spiro atoms. The van der Waals surface area contributed by atoms with Crippen LogP contribution < -0.4 is 0 Å². The Hall–Kier alpha value is 0.137. The molecule has 1 atom stereocenters. The van der Waals surface area contributed by atoms with Crippen molar-refractivity contribution in [2.75, 3.05) is 13.7 Å². The number of ether oxygens (including phenoxy) is 1. The Balaban J connectivity index is 1.71. The first-order chi connectivity index (χ1) is 4.43. The third-order valence-electron chi connectivity index (χ3n) is 1.53. The fourth-order valence-corrected chi connectivity index (χ4v) is 1.63. The highest BCUT2D eigenvalue weighted by atomic mass is 28.2. The first-order valence-electron chi connectivity index (χ1n) is 3.54. The summed E-state index contributed by atoms with van der Waals surface area (Å²) in [6, 6.07) is 1.32. The van der Waals surface area contributed by atoms with Gasteiger partial charge in [0.05, 0.1) is 12.7 Å². The van der Waals surface area contributed by atoms with Gasteiger partial charge in [-0.3, -0.25) is 0 Å². The maximum Gasteiger partial charge on any atom is 0.161 e. The van der Waals surface area contributed by atoms with Gasteiger partial charge in [0.1, 0.15) is 0 Å². The van der Waals surface area contributed by atoms with Crippen molar-refractivity contribution in [3.63, 3.8) is 0 Å². The van der Waals surface area contributed by atoms with Crippen LogP contribution in [0.3, 0.4) is 0 Å². The van der Waals surface area contributed by atoms with Crippen molar-refractivity contribution >= 4 is 9.76 Å². The molecule has 1 aliphatic rings. The molecule has 3 heteroatoms. The average molecular weight is 146 g/mol. The monoisotopic (exact) mass is 146 g/mol. The fraction of sp³-hybridized carbons (Fsp3) is 1.00. The molecule has 0 bridgehead atoms. The Kier molecular flexibility index (Phi) is 3.25. The van der Waals surface area contributed by atoms with Crippen molar-refractivity contribution in [1.29, 1.82) is 0 Å². The van der Waals surface area contributed by atoms with Gasteiger partial charge < -0.3 is 9.16 Å². The molecule has 0 aliphatic carbocycles. The molecule has 0 saturated carbocycles. The van der Waals surface area contributed by atoms with E-state index in [-0.39, 0.29) is 9.76 Å². The molecule has 1 rings (SSSR count). The van der Waals surface area contributed by atoms with E-state index in [2.05, 4.69) is 0 Å². The van der Waals surface area contributed by atoms with Crippen LogP contribution in [0.4, 0.5) is 0 Å². The minimum absolute atomic E-state index is 0.149. The fourth-order valence-electron chi connectivity index (χ4n) is 0.853. The van der Waals surface area contributed by atoms with Crippen LogP contribution in [0.15, 0.2) is 0 Å². The quantitative estimate of drug-likeness (QED) is 0.316. The van der Waals surface area contributed by atoms with Gasteiger partial charge in [-0.1, -0.05) is 6.42 Å². The van der Waals surface area contributed by atoms with E-state index < -0.39 is 0 Å². The predicted molar refractivity (Wildman–Crippen MR) is 39.3 cm³/mol. The van der Waals surface area contributed by atoms with E-state index >= 15 is 0 Å². The molecule has 0 amide bonds. The summed E-state index contributed by atoms with van der Waals surface area (Å²) in [5, 5.41) is 0. The Morgan fingerprint density at radius 1 is 1.78 bits per heavy atom. The lowest BCUT2D eigenvalue weighted by Gasteiger charge is -1.94. The summed E-state index contributed by atoms with van der Waals surface area (Å²) in [4.78, 5) is 0. The van der Waals surface area contributed by atoms with Crippen LogP contribution in [0.25, 0.3) is 0 Å². The minimum atomic E-state index is -0.149. The summed E-state index contributed by atoms with van der Waals surface area (Å²) >= 11 is 0. The molecule has 1 saturated heterocycles. The predicted octanol–water partition coefficient (Wildman–Crippen LogP) is 0.314. The van der Waals surface area contributed by atoms with Crippen molar-refractivity contribution in [3.05, 3.63) is 0 Å². The third-order valence-corrected chi connectivity index (χ3v) is 2.72. The second kappa shape index (κ2) is 4.03. The summed E-state index contributed by atoms with van der Waals surface area (Å²) in [6.07, 6.45) is 3.19. The summed E-state index contributed by atoms with van der Waals surface area (Å²) in [5.41, 5.74) is 0. The lowest BCUT2D eigenvalue weighted by atomic mass is 10.3. The van der Waals surface area contributed by atoms with E-state index in [1.54, 1.807) is 7.11 Å². The summed E-state index contributed by atoms with van der Waals surface area (Å²) in [5.74, 6) is 0. The average Bonchev–Trinajstić information content (AvgIpc) is 2.63. The number of epoxide rings is 1. The molecule has 0 N–H and O–H groups in total. The van der Waals surface area contributed by atoms with Crippen LogP contribution in [-0.2, 0) is 9.16 Å². The SMILES string of the molecule is CO[SiH2]CCCC1CO1. The van der Waals surface area contributed by atoms with Crippen LogP contribution in [0, 0.1) is 0 Å². The van der Waals surface area contributed by atoms with Crippen molar-refractivity contribution < 1.29 is 9.16 Å². The van der Waals surface area contributed by atoms with Gasteiger partial charge in [0.2, 0.25) is 0 Å². The lowest BCUT2D eigenvalue weighted by Crippen LogP contribution is -1.93. The maximum absolute atomic E-state index is 5.06. The number of hydrogen-bond donors (Lipinski definition) is 0. The molecule has 54 valence electrons. The van der Waals surface area contributed by atoms with E-state index in [0.717, 1.165) is 6.61 Å². The molecule has 1 aliphatic heterocycles. The Morgan fingerprint density at radius 2 is 2.56 bits per heavy atom. The zero-order chi connectivity index (χ0) is 6.53. The number of hydrogen-bond acceptors (Lipinski definition) is 2. The highest BCUT2D eigenvalue weighted by Gasteiger charge is 2.20. The normalized spacial score (nSPS) is 25.7. The molecule has 9 heavy (non-hydrogen) atoms. The van der Waals surface area contributed by atoms with Crippen LogP contribution in [0.1, 0.15) is 12.8 Å². The molecule has 0 radical (unpaired) electrons. The highest BCUT2D eigenvalue weighted by molar-refractivity contribution is 6.26. The molecule has 2 nitrogen and oxygen atoms in total. The van der Waals surface area contributed by atoms with Crippen LogP contribution in [0.5, 0.6) is 0 Å². The molecule has 0 aromatic heterocycles. The van der Waals surface area contributed by atoms with Gasteiger partial charge in [-0.15, -0.1) is 0 Å². The van der Waals surface area contributed by atoms with Gasteiger partial charge in [0.25, 0.3) is 0 Å². The molecular formula is C6H14O2Si. The zero-order valence-electron chi connectivity index (χ0n) is 5.93. The zero-order valence-corrected chi connectivity index (χ0v) is 7.34. The maximum atomic E-state index is 5.06. The largest absolute Gasteiger partial charge is 0.427 e.